The highest BCUT2D eigenvalue weighted by molar-refractivity contribution is 5.76. The first-order valence-corrected chi connectivity index (χ1v) is 8.95. The highest BCUT2D eigenvalue weighted by Gasteiger charge is 2.21. The molecule has 3 aromatic rings. The largest absolute Gasteiger partial charge is 0.469 e. The molecule has 0 aliphatic heterocycles. The number of fused-ring (bicyclic) bond motifs is 1. The fourth-order valence-electron chi connectivity index (χ4n) is 3.46. The summed E-state index contributed by atoms with van der Waals surface area (Å²) in [6.45, 7) is 1.84. The highest BCUT2D eigenvalue weighted by atomic mass is 16.4. The number of nitrogens with one attached hydrogen (secondary N) is 1. The van der Waals surface area contributed by atoms with E-state index in [9.17, 15) is 4.79 Å². The third-order valence-electron chi connectivity index (χ3n) is 4.83. The van der Waals surface area contributed by atoms with Crippen LogP contribution in [0.3, 0.4) is 0 Å². The van der Waals surface area contributed by atoms with Gasteiger partial charge in [-0.05, 0) is 43.4 Å². The number of carbonyl (C=O) groups is 1. The molecule has 6 heteroatoms. The minimum absolute atomic E-state index is 0.00550. The minimum atomic E-state index is 0.00550. The van der Waals surface area contributed by atoms with E-state index in [1.54, 1.807) is 12.3 Å². The van der Waals surface area contributed by atoms with E-state index in [1.165, 1.54) is 11.1 Å². The molecule has 6 nitrogen and oxygen atoms in total. The number of aromatic nitrogens is 2. The van der Waals surface area contributed by atoms with E-state index in [-0.39, 0.29) is 11.9 Å². The summed E-state index contributed by atoms with van der Waals surface area (Å²) in [6.07, 6.45) is 5.49. The molecule has 1 N–H and O–H groups in total. The third kappa shape index (κ3) is 3.40. The molecule has 0 saturated carbocycles. The lowest BCUT2D eigenvalue weighted by molar-refractivity contribution is -0.122. The van der Waals surface area contributed by atoms with Gasteiger partial charge in [-0.3, -0.25) is 4.79 Å². The fourth-order valence-corrected chi connectivity index (χ4v) is 3.46. The van der Waals surface area contributed by atoms with E-state index in [0.717, 1.165) is 30.6 Å². The summed E-state index contributed by atoms with van der Waals surface area (Å²) in [5, 5.41) is 11.2. The van der Waals surface area contributed by atoms with E-state index in [0.29, 0.717) is 24.6 Å². The van der Waals surface area contributed by atoms with Crippen molar-refractivity contribution >= 4 is 5.91 Å². The maximum absolute atomic E-state index is 12.4. The van der Waals surface area contributed by atoms with Crippen molar-refractivity contribution in [2.24, 2.45) is 0 Å². The molecule has 0 bridgehead atoms. The molecule has 4 rings (SSSR count). The van der Waals surface area contributed by atoms with Gasteiger partial charge >= 0.3 is 0 Å². The Bertz CT molecular complexity index is 912. The van der Waals surface area contributed by atoms with Crippen LogP contribution in [0.4, 0.5) is 0 Å². The molecule has 1 aromatic carbocycles. The molecular weight excluding hydrogens is 330 g/mol. The number of rotatable bonds is 5. The van der Waals surface area contributed by atoms with Crippen LogP contribution in [0.25, 0.3) is 11.5 Å². The van der Waals surface area contributed by atoms with Gasteiger partial charge in [-0.2, -0.15) is 0 Å². The molecule has 1 atom stereocenters. The van der Waals surface area contributed by atoms with Gasteiger partial charge in [-0.25, -0.2) is 0 Å². The quantitative estimate of drug-likeness (QED) is 0.757. The maximum atomic E-state index is 12.4. The second-order valence-corrected chi connectivity index (χ2v) is 6.60. The number of amides is 1. The highest BCUT2D eigenvalue weighted by Crippen LogP contribution is 2.29. The number of benzene rings is 1. The molecule has 134 valence electrons. The molecule has 26 heavy (non-hydrogen) atoms. The van der Waals surface area contributed by atoms with Crippen molar-refractivity contribution < 1.29 is 13.6 Å². The van der Waals surface area contributed by atoms with E-state index < -0.39 is 0 Å². The van der Waals surface area contributed by atoms with E-state index in [2.05, 4.69) is 33.7 Å². The van der Waals surface area contributed by atoms with Gasteiger partial charge in [0.1, 0.15) is 5.76 Å². The van der Waals surface area contributed by atoms with E-state index in [4.69, 9.17) is 8.83 Å². The lowest BCUT2D eigenvalue weighted by Gasteiger charge is -2.26. The molecule has 2 heterocycles. The second kappa shape index (κ2) is 7.15. The molecule has 1 amide bonds. The predicted molar refractivity (Wildman–Crippen MR) is 95.3 cm³/mol. The Morgan fingerprint density at radius 2 is 2.15 bits per heavy atom. The molecule has 0 fully saturated rings. The summed E-state index contributed by atoms with van der Waals surface area (Å²) in [7, 11) is 0. The second-order valence-electron chi connectivity index (χ2n) is 6.60. The van der Waals surface area contributed by atoms with Gasteiger partial charge in [0.15, 0.2) is 0 Å². The standard InChI is InChI=1S/C20H21N3O3/c1-13-15(11-12-25-13)20-23-22-19(26-20)10-9-18(24)21-17-8-4-6-14-5-2-3-7-16(14)17/h2-3,5,7,11-12,17H,4,6,8-10H2,1H3,(H,21,24). The summed E-state index contributed by atoms with van der Waals surface area (Å²) in [4.78, 5) is 12.4. The summed E-state index contributed by atoms with van der Waals surface area (Å²) in [5.41, 5.74) is 3.36. The number of carbonyl (C=O) groups excluding carboxylic acids is 1. The summed E-state index contributed by atoms with van der Waals surface area (Å²) >= 11 is 0. The molecule has 0 radical (unpaired) electrons. The number of aryl methyl sites for hydroxylation is 3. The van der Waals surface area contributed by atoms with Gasteiger partial charge in [0.05, 0.1) is 17.9 Å². The van der Waals surface area contributed by atoms with Crippen LogP contribution in [0.1, 0.15) is 48.1 Å². The monoisotopic (exact) mass is 351 g/mol. The van der Waals surface area contributed by atoms with Crippen molar-refractivity contribution in [1.29, 1.82) is 0 Å². The van der Waals surface area contributed by atoms with Gasteiger partial charge in [0.2, 0.25) is 11.8 Å². The van der Waals surface area contributed by atoms with Crippen molar-refractivity contribution in [3.8, 4) is 11.5 Å². The molecule has 0 spiro atoms. The third-order valence-corrected chi connectivity index (χ3v) is 4.83. The molecule has 2 aromatic heterocycles. The van der Waals surface area contributed by atoms with Gasteiger partial charge in [-0.1, -0.05) is 24.3 Å². The first-order chi connectivity index (χ1) is 12.7. The minimum Gasteiger partial charge on any atom is -0.469 e. The molecule has 0 saturated heterocycles. The zero-order valence-corrected chi connectivity index (χ0v) is 14.7. The number of nitrogens with zero attached hydrogens (tertiary/aromatic N) is 2. The van der Waals surface area contributed by atoms with Crippen molar-refractivity contribution in [2.75, 3.05) is 0 Å². The summed E-state index contributed by atoms with van der Waals surface area (Å²) in [5.74, 6) is 1.62. The van der Waals surface area contributed by atoms with Crippen LogP contribution in [0, 0.1) is 6.92 Å². The average molecular weight is 351 g/mol. The van der Waals surface area contributed by atoms with Crippen molar-refractivity contribution in [3.05, 3.63) is 59.4 Å². The lowest BCUT2D eigenvalue weighted by Crippen LogP contribution is -2.31. The SMILES string of the molecule is Cc1occc1-c1nnc(CCC(=O)NC2CCCc3ccccc32)o1. The zero-order chi connectivity index (χ0) is 17.9. The van der Waals surface area contributed by atoms with Crippen LogP contribution in [0.5, 0.6) is 0 Å². The molecule has 1 aliphatic carbocycles. The van der Waals surface area contributed by atoms with Crippen LogP contribution < -0.4 is 5.32 Å². The fraction of sp³-hybridized carbons (Fsp3) is 0.350. The van der Waals surface area contributed by atoms with E-state index in [1.807, 2.05) is 13.0 Å². The average Bonchev–Trinajstić information content (AvgIpc) is 3.29. The Kier molecular flexibility index (Phi) is 4.56. The van der Waals surface area contributed by atoms with Gasteiger partial charge < -0.3 is 14.2 Å². The Morgan fingerprint density at radius 3 is 3.00 bits per heavy atom. The number of hydrogen-bond donors (Lipinski definition) is 1. The van der Waals surface area contributed by atoms with Crippen molar-refractivity contribution in [3.63, 3.8) is 0 Å². The Morgan fingerprint density at radius 1 is 1.27 bits per heavy atom. The summed E-state index contributed by atoms with van der Waals surface area (Å²) in [6, 6.07) is 10.2. The van der Waals surface area contributed by atoms with Gasteiger partial charge in [0, 0.05) is 12.8 Å². The first-order valence-electron chi connectivity index (χ1n) is 8.95. The van der Waals surface area contributed by atoms with Crippen LogP contribution in [0.15, 0.2) is 45.4 Å². The zero-order valence-electron chi connectivity index (χ0n) is 14.7. The van der Waals surface area contributed by atoms with Crippen LogP contribution in [0.2, 0.25) is 0 Å². The van der Waals surface area contributed by atoms with Crippen LogP contribution in [-0.4, -0.2) is 16.1 Å². The van der Waals surface area contributed by atoms with E-state index >= 15 is 0 Å². The first kappa shape index (κ1) is 16.6. The maximum Gasteiger partial charge on any atom is 0.251 e. The van der Waals surface area contributed by atoms with Gasteiger partial charge in [-0.15, -0.1) is 10.2 Å². The lowest BCUT2D eigenvalue weighted by atomic mass is 9.87. The smallest absolute Gasteiger partial charge is 0.251 e. The molecule has 1 unspecified atom stereocenters. The number of hydrogen-bond acceptors (Lipinski definition) is 5. The normalized spacial score (nSPS) is 16.3. The number of furan rings is 1. The Hall–Kier alpha value is -2.89. The summed E-state index contributed by atoms with van der Waals surface area (Å²) < 4.78 is 10.9. The predicted octanol–water partition coefficient (Wildman–Crippen LogP) is 3.76. The topological polar surface area (TPSA) is 81.2 Å². The van der Waals surface area contributed by atoms with Crippen molar-refractivity contribution in [2.45, 2.75) is 45.1 Å². The molecular formula is C20H21N3O3. The van der Waals surface area contributed by atoms with Gasteiger partial charge in [0.25, 0.3) is 5.89 Å². The molecule has 1 aliphatic rings. The van der Waals surface area contributed by atoms with Crippen LogP contribution in [-0.2, 0) is 17.6 Å². The Balaban J connectivity index is 1.35. The Labute approximate surface area is 151 Å². The van der Waals surface area contributed by atoms with Crippen molar-refractivity contribution in [1.82, 2.24) is 15.5 Å². The van der Waals surface area contributed by atoms with Crippen LogP contribution >= 0.6 is 0 Å².